The highest BCUT2D eigenvalue weighted by atomic mass is 16.5. The van der Waals surface area contributed by atoms with Crippen LogP contribution in [0.25, 0.3) is 0 Å². The Morgan fingerprint density at radius 1 is 1.12 bits per heavy atom. The second kappa shape index (κ2) is 9.01. The number of ether oxygens (including phenoxy) is 2. The van der Waals surface area contributed by atoms with Gasteiger partial charge in [-0.1, -0.05) is 19.1 Å². The van der Waals surface area contributed by atoms with Crippen LogP contribution in [0.1, 0.15) is 40.7 Å². The molecule has 0 aliphatic carbocycles. The highest BCUT2D eigenvalue weighted by Crippen LogP contribution is 2.25. The summed E-state index contributed by atoms with van der Waals surface area (Å²) in [6.07, 6.45) is 0.613. The molecule has 138 valence electrons. The van der Waals surface area contributed by atoms with Gasteiger partial charge in [-0.15, -0.1) is 0 Å². The van der Waals surface area contributed by atoms with Crippen LogP contribution in [0.3, 0.4) is 0 Å². The van der Waals surface area contributed by atoms with E-state index in [1.54, 1.807) is 13.2 Å². The molecule has 1 unspecified atom stereocenters. The van der Waals surface area contributed by atoms with Gasteiger partial charge in [0.2, 0.25) is 5.91 Å². The molecule has 0 saturated heterocycles. The van der Waals surface area contributed by atoms with E-state index in [4.69, 9.17) is 9.47 Å². The molecule has 0 radical (unpaired) electrons. The molecule has 26 heavy (non-hydrogen) atoms. The number of anilines is 1. The van der Waals surface area contributed by atoms with E-state index in [9.17, 15) is 14.7 Å². The van der Waals surface area contributed by atoms with Crippen LogP contribution in [0, 0.1) is 0 Å². The minimum absolute atomic E-state index is 0.104. The number of carbonyl (C=O) groups excluding carboxylic acids is 1. The fourth-order valence-corrected chi connectivity index (χ4v) is 2.78. The van der Waals surface area contributed by atoms with Gasteiger partial charge in [0.15, 0.2) is 0 Å². The normalized spacial score (nSPS) is 11.7. The summed E-state index contributed by atoms with van der Waals surface area (Å²) in [4.78, 5) is 24.0. The Labute approximate surface area is 152 Å². The smallest absolute Gasteiger partial charge is 0.335 e. The summed E-state index contributed by atoms with van der Waals surface area (Å²) in [5, 5.41) is 12.1. The molecule has 0 aliphatic heterocycles. The van der Waals surface area contributed by atoms with E-state index in [0.29, 0.717) is 17.7 Å². The molecular formula is C20H23NO5. The van der Waals surface area contributed by atoms with Crippen molar-refractivity contribution in [1.82, 2.24) is 0 Å². The van der Waals surface area contributed by atoms with Crippen LogP contribution in [0.4, 0.5) is 5.69 Å². The van der Waals surface area contributed by atoms with Crippen LogP contribution in [0.15, 0.2) is 42.5 Å². The number of rotatable bonds is 8. The SMILES string of the molecule is CCC(C(=O)Nc1cc(COC)cc(C(=O)O)c1)c1ccc(OC)cc1. The summed E-state index contributed by atoms with van der Waals surface area (Å²) >= 11 is 0. The maximum absolute atomic E-state index is 12.7. The molecule has 1 atom stereocenters. The molecule has 0 spiro atoms. The molecular weight excluding hydrogens is 334 g/mol. The van der Waals surface area contributed by atoms with Gasteiger partial charge >= 0.3 is 5.97 Å². The minimum atomic E-state index is -1.05. The molecule has 2 N–H and O–H groups in total. The Morgan fingerprint density at radius 2 is 1.81 bits per heavy atom. The van der Waals surface area contributed by atoms with Gasteiger partial charge in [-0.25, -0.2) is 4.79 Å². The highest BCUT2D eigenvalue weighted by molar-refractivity contribution is 5.97. The quantitative estimate of drug-likeness (QED) is 0.753. The molecule has 6 nitrogen and oxygen atoms in total. The second-order valence-corrected chi connectivity index (χ2v) is 5.88. The highest BCUT2D eigenvalue weighted by Gasteiger charge is 2.19. The average molecular weight is 357 g/mol. The maximum Gasteiger partial charge on any atom is 0.335 e. The lowest BCUT2D eigenvalue weighted by Gasteiger charge is -2.17. The van der Waals surface area contributed by atoms with Gasteiger partial charge in [-0.2, -0.15) is 0 Å². The van der Waals surface area contributed by atoms with E-state index < -0.39 is 5.97 Å². The first-order valence-corrected chi connectivity index (χ1v) is 8.29. The Morgan fingerprint density at radius 3 is 2.35 bits per heavy atom. The Balaban J connectivity index is 2.24. The van der Waals surface area contributed by atoms with Gasteiger partial charge in [0.05, 0.1) is 25.2 Å². The molecule has 0 aromatic heterocycles. The summed E-state index contributed by atoms with van der Waals surface area (Å²) in [6.45, 7) is 2.19. The third-order valence-corrected chi connectivity index (χ3v) is 4.06. The van der Waals surface area contributed by atoms with Crippen molar-refractivity contribution in [3.05, 3.63) is 59.2 Å². The van der Waals surface area contributed by atoms with E-state index >= 15 is 0 Å². The molecule has 2 rings (SSSR count). The molecule has 0 aliphatic rings. The topological polar surface area (TPSA) is 84.9 Å². The maximum atomic E-state index is 12.7. The van der Waals surface area contributed by atoms with Gasteiger partial charge in [-0.3, -0.25) is 4.79 Å². The summed E-state index contributed by atoms with van der Waals surface area (Å²) in [5.74, 6) is -0.869. The monoisotopic (exact) mass is 357 g/mol. The molecule has 0 fully saturated rings. The second-order valence-electron chi connectivity index (χ2n) is 5.88. The van der Waals surface area contributed by atoms with Crippen molar-refractivity contribution in [2.75, 3.05) is 19.5 Å². The van der Waals surface area contributed by atoms with E-state index in [-0.39, 0.29) is 24.0 Å². The fraction of sp³-hybridized carbons (Fsp3) is 0.300. The molecule has 0 saturated carbocycles. The molecule has 2 aromatic rings. The zero-order chi connectivity index (χ0) is 19.1. The first-order valence-electron chi connectivity index (χ1n) is 8.29. The minimum Gasteiger partial charge on any atom is -0.497 e. The van der Waals surface area contributed by atoms with Crippen LogP contribution in [0.2, 0.25) is 0 Å². The number of aromatic carboxylic acids is 1. The van der Waals surface area contributed by atoms with Crippen LogP contribution < -0.4 is 10.1 Å². The zero-order valence-corrected chi connectivity index (χ0v) is 15.1. The lowest BCUT2D eigenvalue weighted by molar-refractivity contribution is -0.117. The van der Waals surface area contributed by atoms with E-state index in [1.165, 1.54) is 19.2 Å². The van der Waals surface area contributed by atoms with Gasteiger partial charge in [0.25, 0.3) is 0 Å². The average Bonchev–Trinajstić information content (AvgIpc) is 2.63. The fourth-order valence-electron chi connectivity index (χ4n) is 2.78. The number of hydrogen-bond acceptors (Lipinski definition) is 4. The molecule has 1 amide bonds. The summed E-state index contributed by atoms with van der Waals surface area (Å²) in [6, 6.07) is 12.0. The van der Waals surface area contributed by atoms with Crippen molar-refractivity contribution in [2.24, 2.45) is 0 Å². The third-order valence-electron chi connectivity index (χ3n) is 4.06. The predicted octanol–water partition coefficient (Wildman–Crippen LogP) is 3.67. The predicted molar refractivity (Wildman–Crippen MR) is 98.8 cm³/mol. The number of carbonyl (C=O) groups is 2. The number of benzene rings is 2. The molecule has 6 heteroatoms. The largest absolute Gasteiger partial charge is 0.497 e. The molecule has 0 bridgehead atoms. The third kappa shape index (κ3) is 4.83. The van der Waals surface area contributed by atoms with Crippen molar-refractivity contribution < 1.29 is 24.2 Å². The first-order chi connectivity index (χ1) is 12.5. The summed E-state index contributed by atoms with van der Waals surface area (Å²) in [5.41, 5.74) is 2.10. The zero-order valence-electron chi connectivity index (χ0n) is 15.1. The lowest BCUT2D eigenvalue weighted by Crippen LogP contribution is -2.21. The summed E-state index contributed by atoms with van der Waals surface area (Å²) in [7, 11) is 3.12. The van der Waals surface area contributed by atoms with Crippen molar-refractivity contribution in [3.63, 3.8) is 0 Å². The van der Waals surface area contributed by atoms with Crippen molar-refractivity contribution >= 4 is 17.6 Å². The molecule has 2 aromatic carbocycles. The van der Waals surface area contributed by atoms with Crippen molar-refractivity contribution in [3.8, 4) is 5.75 Å². The standard InChI is InChI=1S/C20H23NO5/c1-4-18(14-5-7-17(26-3)8-6-14)19(22)21-16-10-13(12-25-2)9-15(11-16)20(23)24/h5-11,18H,4,12H2,1-3H3,(H,21,22)(H,23,24). The van der Waals surface area contributed by atoms with Gasteiger partial charge in [0, 0.05) is 12.8 Å². The Bertz CT molecular complexity index is 770. The van der Waals surface area contributed by atoms with Crippen LogP contribution >= 0.6 is 0 Å². The number of nitrogens with one attached hydrogen (secondary N) is 1. The number of carboxylic acid groups (broad SMARTS) is 1. The van der Waals surface area contributed by atoms with Crippen molar-refractivity contribution in [2.45, 2.75) is 25.9 Å². The van der Waals surface area contributed by atoms with Crippen LogP contribution in [0.5, 0.6) is 5.75 Å². The number of amides is 1. The Hall–Kier alpha value is -2.86. The Kier molecular flexibility index (Phi) is 6.74. The van der Waals surface area contributed by atoms with E-state index in [2.05, 4.69) is 5.32 Å². The molecule has 0 heterocycles. The van der Waals surface area contributed by atoms with Crippen LogP contribution in [-0.4, -0.2) is 31.2 Å². The van der Waals surface area contributed by atoms with E-state index in [1.807, 2.05) is 31.2 Å². The van der Waals surface area contributed by atoms with Gasteiger partial charge in [0.1, 0.15) is 5.75 Å². The summed E-state index contributed by atoms with van der Waals surface area (Å²) < 4.78 is 10.2. The first kappa shape index (κ1) is 19.5. The van der Waals surface area contributed by atoms with Crippen LogP contribution in [-0.2, 0) is 16.1 Å². The van der Waals surface area contributed by atoms with E-state index in [0.717, 1.165) is 11.3 Å². The number of methoxy groups -OCH3 is 2. The number of carboxylic acids is 1. The van der Waals surface area contributed by atoms with Gasteiger partial charge in [-0.05, 0) is 47.9 Å². The van der Waals surface area contributed by atoms with Gasteiger partial charge < -0.3 is 19.9 Å². The lowest BCUT2D eigenvalue weighted by atomic mass is 9.95. The van der Waals surface area contributed by atoms with Crippen molar-refractivity contribution in [1.29, 1.82) is 0 Å². The number of hydrogen-bond donors (Lipinski definition) is 2.